The van der Waals surface area contributed by atoms with Crippen LogP contribution in [0.15, 0.2) is 60.7 Å². The van der Waals surface area contributed by atoms with Crippen LogP contribution in [0, 0.1) is 0 Å². The Kier molecular flexibility index (Phi) is 5.26. The molecule has 1 aliphatic rings. The highest BCUT2D eigenvalue weighted by atomic mass is 16.2. The molecule has 0 radical (unpaired) electrons. The smallest absolute Gasteiger partial charge is 0.253 e. The van der Waals surface area contributed by atoms with Crippen LogP contribution < -0.4 is 5.32 Å². The molecule has 2 aromatic carbocycles. The monoisotopic (exact) mass is 322 g/mol. The molecular formula is C20H22N2O2. The zero-order valence-electron chi connectivity index (χ0n) is 13.7. The Balaban J connectivity index is 1.67. The SMILES string of the molecule is O=C(NC1CCCCN(C(=O)c2ccccc2)C1)c1ccccc1. The molecule has 3 rings (SSSR count). The van der Waals surface area contributed by atoms with Crippen molar-refractivity contribution in [3.8, 4) is 0 Å². The average Bonchev–Trinajstić information content (AvgIpc) is 2.88. The van der Waals surface area contributed by atoms with Crippen LogP contribution >= 0.6 is 0 Å². The number of hydrogen-bond acceptors (Lipinski definition) is 2. The summed E-state index contributed by atoms with van der Waals surface area (Å²) >= 11 is 0. The van der Waals surface area contributed by atoms with Gasteiger partial charge in [0, 0.05) is 30.3 Å². The second-order valence-electron chi connectivity index (χ2n) is 6.15. The fourth-order valence-corrected chi connectivity index (χ4v) is 3.07. The second kappa shape index (κ2) is 7.77. The summed E-state index contributed by atoms with van der Waals surface area (Å²) in [6.45, 7) is 1.30. The van der Waals surface area contributed by atoms with Gasteiger partial charge >= 0.3 is 0 Å². The van der Waals surface area contributed by atoms with Crippen LogP contribution in [0.1, 0.15) is 40.0 Å². The number of likely N-dealkylation sites (tertiary alicyclic amines) is 1. The number of carbonyl (C=O) groups excluding carboxylic acids is 2. The molecule has 1 atom stereocenters. The number of carbonyl (C=O) groups is 2. The van der Waals surface area contributed by atoms with Crippen molar-refractivity contribution < 1.29 is 9.59 Å². The van der Waals surface area contributed by atoms with Crippen molar-refractivity contribution in [3.63, 3.8) is 0 Å². The number of nitrogens with zero attached hydrogens (tertiary/aromatic N) is 1. The Morgan fingerprint density at radius 2 is 1.50 bits per heavy atom. The van der Waals surface area contributed by atoms with Crippen molar-refractivity contribution in [2.45, 2.75) is 25.3 Å². The summed E-state index contributed by atoms with van der Waals surface area (Å²) in [5.41, 5.74) is 1.36. The molecule has 1 heterocycles. The Morgan fingerprint density at radius 1 is 0.875 bits per heavy atom. The van der Waals surface area contributed by atoms with Gasteiger partial charge in [0.05, 0.1) is 0 Å². The van der Waals surface area contributed by atoms with Gasteiger partial charge in [-0.25, -0.2) is 0 Å². The number of hydrogen-bond donors (Lipinski definition) is 1. The van der Waals surface area contributed by atoms with Gasteiger partial charge in [-0.05, 0) is 43.5 Å². The summed E-state index contributed by atoms with van der Waals surface area (Å²) in [5, 5.41) is 3.08. The quantitative estimate of drug-likeness (QED) is 0.944. The molecule has 0 aromatic heterocycles. The van der Waals surface area contributed by atoms with E-state index < -0.39 is 0 Å². The van der Waals surface area contributed by atoms with E-state index in [4.69, 9.17) is 0 Å². The van der Waals surface area contributed by atoms with Gasteiger partial charge in [0.15, 0.2) is 0 Å². The van der Waals surface area contributed by atoms with Crippen LogP contribution in [-0.2, 0) is 0 Å². The van der Waals surface area contributed by atoms with Crippen LogP contribution in [0.4, 0.5) is 0 Å². The first-order chi connectivity index (χ1) is 11.7. The molecule has 1 aliphatic heterocycles. The third kappa shape index (κ3) is 4.02. The van der Waals surface area contributed by atoms with E-state index in [0.29, 0.717) is 17.7 Å². The van der Waals surface area contributed by atoms with Crippen LogP contribution in [0.25, 0.3) is 0 Å². The largest absolute Gasteiger partial charge is 0.348 e. The summed E-state index contributed by atoms with van der Waals surface area (Å²) in [6.07, 6.45) is 2.88. The zero-order valence-corrected chi connectivity index (χ0v) is 13.7. The first-order valence-corrected chi connectivity index (χ1v) is 8.44. The number of nitrogens with one attached hydrogen (secondary N) is 1. The summed E-state index contributed by atoms with van der Waals surface area (Å²) < 4.78 is 0. The molecule has 2 aromatic rings. The van der Waals surface area contributed by atoms with Gasteiger partial charge in [0.2, 0.25) is 0 Å². The standard InChI is InChI=1S/C20H22N2O2/c23-19(16-9-3-1-4-10-16)21-18-13-7-8-14-22(15-18)20(24)17-11-5-2-6-12-17/h1-6,9-12,18H,7-8,13-15H2,(H,21,23). The molecule has 24 heavy (non-hydrogen) atoms. The van der Waals surface area contributed by atoms with E-state index in [1.807, 2.05) is 53.4 Å². The van der Waals surface area contributed by atoms with E-state index >= 15 is 0 Å². The van der Waals surface area contributed by atoms with Crippen molar-refractivity contribution in [1.29, 1.82) is 0 Å². The first-order valence-electron chi connectivity index (χ1n) is 8.44. The summed E-state index contributed by atoms with van der Waals surface area (Å²) in [6, 6.07) is 18.5. The molecule has 2 amide bonds. The fourth-order valence-electron chi connectivity index (χ4n) is 3.07. The van der Waals surface area contributed by atoms with Crippen LogP contribution in [-0.4, -0.2) is 35.8 Å². The van der Waals surface area contributed by atoms with Gasteiger partial charge in [0.25, 0.3) is 11.8 Å². The molecule has 124 valence electrons. The first kappa shape index (κ1) is 16.2. The molecular weight excluding hydrogens is 300 g/mol. The number of rotatable bonds is 3. The van der Waals surface area contributed by atoms with Gasteiger partial charge < -0.3 is 10.2 Å². The van der Waals surface area contributed by atoms with Crippen LogP contribution in [0.2, 0.25) is 0 Å². The summed E-state index contributed by atoms with van der Waals surface area (Å²) in [4.78, 5) is 26.9. The maximum atomic E-state index is 12.7. The lowest BCUT2D eigenvalue weighted by Crippen LogP contribution is -2.44. The number of amides is 2. The van der Waals surface area contributed by atoms with Crippen molar-refractivity contribution in [2.75, 3.05) is 13.1 Å². The Hall–Kier alpha value is -2.62. The molecule has 0 saturated carbocycles. The lowest BCUT2D eigenvalue weighted by molar-refractivity contribution is 0.0737. The molecule has 1 fully saturated rings. The number of benzene rings is 2. The predicted octanol–water partition coefficient (Wildman–Crippen LogP) is 3.11. The topological polar surface area (TPSA) is 49.4 Å². The Bertz CT molecular complexity index is 685. The Labute approximate surface area is 142 Å². The molecule has 1 unspecified atom stereocenters. The minimum Gasteiger partial charge on any atom is -0.348 e. The van der Waals surface area contributed by atoms with Gasteiger partial charge in [-0.3, -0.25) is 9.59 Å². The van der Waals surface area contributed by atoms with Crippen LogP contribution in [0.3, 0.4) is 0 Å². The highest BCUT2D eigenvalue weighted by molar-refractivity contribution is 5.95. The van der Waals surface area contributed by atoms with Crippen molar-refractivity contribution in [2.24, 2.45) is 0 Å². The maximum Gasteiger partial charge on any atom is 0.253 e. The van der Waals surface area contributed by atoms with Gasteiger partial charge in [-0.15, -0.1) is 0 Å². The zero-order chi connectivity index (χ0) is 16.8. The molecule has 1 N–H and O–H groups in total. The fraction of sp³-hybridized carbons (Fsp3) is 0.300. The summed E-state index contributed by atoms with van der Waals surface area (Å²) in [7, 11) is 0. The van der Waals surface area contributed by atoms with E-state index in [1.54, 1.807) is 12.1 Å². The minimum absolute atomic E-state index is 0.00660. The molecule has 0 bridgehead atoms. The molecule has 0 spiro atoms. The normalized spacial score (nSPS) is 17.8. The average molecular weight is 322 g/mol. The lowest BCUT2D eigenvalue weighted by atomic mass is 10.1. The van der Waals surface area contributed by atoms with Gasteiger partial charge in [-0.2, -0.15) is 0 Å². The molecule has 0 aliphatic carbocycles. The van der Waals surface area contributed by atoms with Crippen molar-refractivity contribution in [1.82, 2.24) is 10.2 Å². The highest BCUT2D eigenvalue weighted by Gasteiger charge is 2.24. The highest BCUT2D eigenvalue weighted by Crippen LogP contribution is 2.14. The van der Waals surface area contributed by atoms with E-state index in [9.17, 15) is 9.59 Å². The molecule has 4 heteroatoms. The van der Waals surface area contributed by atoms with E-state index in [-0.39, 0.29) is 17.9 Å². The van der Waals surface area contributed by atoms with Gasteiger partial charge in [-0.1, -0.05) is 36.4 Å². The predicted molar refractivity (Wildman–Crippen MR) is 93.9 cm³/mol. The third-order valence-electron chi connectivity index (χ3n) is 4.35. The maximum absolute atomic E-state index is 12.7. The Morgan fingerprint density at radius 3 is 2.17 bits per heavy atom. The van der Waals surface area contributed by atoms with Crippen molar-refractivity contribution in [3.05, 3.63) is 71.8 Å². The minimum atomic E-state index is -0.0744. The third-order valence-corrected chi connectivity index (χ3v) is 4.35. The van der Waals surface area contributed by atoms with E-state index in [2.05, 4.69) is 5.32 Å². The second-order valence-corrected chi connectivity index (χ2v) is 6.15. The molecule has 4 nitrogen and oxygen atoms in total. The lowest BCUT2D eigenvalue weighted by Gasteiger charge is -2.25. The van der Waals surface area contributed by atoms with Gasteiger partial charge in [0.1, 0.15) is 0 Å². The van der Waals surface area contributed by atoms with E-state index in [0.717, 1.165) is 25.8 Å². The van der Waals surface area contributed by atoms with Crippen molar-refractivity contribution >= 4 is 11.8 Å². The summed E-state index contributed by atoms with van der Waals surface area (Å²) in [5.74, 6) is -0.0360. The van der Waals surface area contributed by atoms with E-state index in [1.165, 1.54) is 0 Å². The molecule has 1 saturated heterocycles. The van der Waals surface area contributed by atoms with Crippen LogP contribution in [0.5, 0.6) is 0 Å².